The SMILES string of the molecule is CCOC(=O)c1c[nH]c2ccc(Cc3cccc(Cl)c3F)cc2c1=O. The third kappa shape index (κ3) is 3.42. The number of carbonyl (C=O) groups excluding carboxylic acids is 1. The minimum Gasteiger partial charge on any atom is -0.462 e. The summed E-state index contributed by atoms with van der Waals surface area (Å²) in [6.07, 6.45) is 1.63. The number of rotatable bonds is 4. The minimum atomic E-state index is -0.670. The number of carbonyl (C=O) groups is 1. The van der Waals surface area contributed by atoms with Gasteiger partial charge in [0, 0.05) is 23.5 Å². The molecule has 1 N–H and O–H groups in total. The highest BCUT2D eigenvalue weighted by atomic mass is 35.5. The second-order valence-corrected chi connectivity index (χ2v) is 5.93. The van der Waals surface area contributed by atoms with Crippen molar-refractivity contribution in [3.8, 4) is 0 Å². The van der Waals surface area contributed by atoms with Gasteiger partial charge in [0.25, 0.3) is 0 Å². The van der Waals surface area contributed by atoms with E-state index in [1.54, 1.807) is 37.3 Å². The lowest BCUT2D eigenvalue weighted by atomic mass is 10.0. The molecule has 0 aliphatic rings. The lowest BCUT2D eigenvalue weighted by Gasteiger charge is -2.07. The number of hydrogen-bond acceptors (Lipinski definition) is 3. The molecule has 1 heterocycles. The fourth-order valence-electron chi connectivity index (χ4n) is 2.64. The van der Waals surface area contributed by atoms with Gasteiger partial charge in [0.05, 0.1) is 11.6 Å². The van der Waals surface area contributed by atoms with Crippen LogP contribution in [0, 0.1) is 5.82 Å². The summed E-state index contributed by atoms with van der Waals surface area (Å²) in [6.45, 7) is 1.86. The summed E-state index contributed by atoms with van der Waals surface area (Å²) in [4.78, 5) is 27.3. The molecule has 0 saturated carbocycles. The molecular formula is C19H15ClFNO3. The van der Waals surface area contributed by atoms with Crippen LogP contribution in [0.25, 0.3) is 10.9 Å². The highest BCUT2D eigenvalue weighted by molar-refractivity contribution is 6.30. The fraction of sp³-hybridized carbons (Fsp3) is 0.158. The highest BCUT2D eigenvalue weighted by Gasteiger charge is 2.14. The number of esters is 1. The first-order valence-electron chi connectivity index (χ1n) is 7.75. The number of H-pyrrole nitrogens is 1. The quantitative estimate of drug-likeness (QED) is 0.714. The van der Waals surface area contributed by atoms with Crippen molar-refractivity contribution in [3.63, 3.8) is 0 Å². The lowest BCUT2D eigenvalue weighted by molar-refractivity contribution is 0.0524. The molecule has 25 heavy (non-hydrogen) atoms. The summed E-state index contributed by atoms with van der Waals surface area (Å²) in [5.74, 6) is -1.14. The summed E-state index contributed by atoms with van der Waals surface area (Å²) in [7, 11) is 0. The Balaban J connectivity index is 2.04. The Morgan fingerprint density at radius 1 is 1.28 bits per heavy atom. The molecule has 0 amide bonds. The smallest absolute Gasteiger partial charge is 0.343 e. The van der Waals surface area contributed by atoms with Gasteiger partial charge in [-0.2, -0.15) is 0 Å². The van der Waals surface area contributed by atoms with E-state index in [4.69, 9.17) is 16.3 Å². The number of aromatic amines is 1. The van der Waals surface area contributed by atoms with Crippen LogP contribution in [0.3, 0.4) is 0 Å². The number of pyridine rings is 1. The molecule has 6 heteroatoms. The molecule has 4 nitrogen and oxygen atoms in total. The predicted octanol–water partition coefficient (Wildman–Crippen LogP) is 4.09. The maximum Gasteiger partial charge on any atom is 0.343 e. The van der Waals surface area contributed by atoms with E-state index in [1.807, 2.05) is 0 Å². The van der Waals surface area contributed by atoms with Crippen molar-refractivity contribution in [3.05, 3.63) is 80.3 Å². The number of ether oxygens (including phenoxy) is 1. The zero-order valence-electron chi connectivity index (χ0n) is 13.4. The Morgan fingerprint density at radius 2 is 2.08 bits per heavy atom. The largest absolute Gasteiger partial charge is 0.462 e. The monoisotopic (exact) mass is 359 g/mol. The van der Waals surface area contributed by atoms with Gasteiger partial charge < -0.3 is 9.72 Å². The van der Waals surface area contributed by atoms with Crippen molar-refractivity contribution in [2.45, 2.75) is 13.3 Å². The Morgan fingerprint density at radius 3 is 2.84 bits per heavy atom. The van der Waals surface area contributed by atoms with Gasteiger partial charge in [-0.1, -0.05) is 29.8 Å². The molecule has 0 saturated heterocycles. The molecule has 1 aromatic heterocycles. The zero-order valence-corrected chi connectivity index (χ0v) is 14.2. The van der Waals surface area contributed by atoms with E-state index in [9.17, 15) is 14.0 Å². The summed E-state index contributed by atoms with van der Waals surface area (Å²) in [5.41, 5.74) is 1.29. The van der Waals surface area contributed by atoms with E-state index >= 15 is 0 Å². The molecule has 128 valence electrons. The summed E-state index contributed by atoms with van der Waals surface area (Å²) in [5, 5.41) is 0.409. The van der Waals surface area contributed by atoms with Crippen LogP contribution in [0.1, 0.15) is 28.4 Å². The summed E-state index contributed by atoms with van der Waals surface area (Å²) >= 11 is 5.80. The standard InChI is InChI=1S/C19H15ClFNO3/c1-2-25-19(24)14-10-22-16-7-6-11(9-13(16)18(14)23)8-12-4-3-5-15(20)17(12)21/h3-7,9-10H,2,8H2,1H3,(H,22,23). The van der Waals surface area contributed by atoms with Crippen molar-refractivity contribution in [2.24, 2.45) is 0 Å². The van der Waals surface area contributed by atoms with E-state index in [0.717, 1.165) is 5.56 Å². The van der Waals surface area contributed by atoms with Crippen LogP contribution < -0.4 is 5.43 Å². The van der Waals surface area contributed by atoms with E-state index in [0.29, 0.717) is 16.5 Å². The van der Waals surface area contributed by atoms with Crippen LogP contribution >= 0.6 is 11.6 Å². The van der Waals surface area contributed by atoms with Crippen molar-refractivity contribution < 1.29 is 13.9 Å². The molecule has 0 aliphatic carbocycles. The van der Waals surface area contributed by atoms with E-state index in [1.165, 1.54) is 12.3 Å². The van der Waals surface area contributed by atoms with Crippen LogP contribution in [0.2, 0.25) is 5.02 Å². The lowest BCUT2D eigenvalue weighted by Crippen LogP contribution is -2.18. The van der Waals surface area contributed by atoms with Crippen molar-refractivity contribution in [1.82, 2.24) is 4.98 Å². The van der Waals surface area contributed by atoms with E-state index in [-0.39, 0.29) is 23.6 Å². The van der Waals surface area contributed by atoms with Crippen LogP contribution in [0.15, 0.2) is 47.4 Å². The van der Waals surface area contributed by atoms with Gasteiger partial charge in [0.1, 0.15) is 11.4 Å². The van der Waals surface area contributed by atoms with Gasteiger partial charge in [-0.15, -0.1) is 0 Å². The van der Waals surface area contributed by atoms with Crippen LogP contribution in [0.5, 0.6) is 0 Å². The van der Waals surface area contributed by atoms with Crippen molar-refractivity contribution in [2.75, 3.05) is 6.61 Å². The van der Waals surface area contributed by atoms with Crippen LogP contribution in [0.4, 0.5) is 4.39 Å². The van der Waals surface area contributed by atoms with Gasteiger partial charge >= 0.3 is 5.97 Å². The number of aromatic nitrogens is 1. The Labute approximate surface area is 148 Å². The van der Waals surface area contributed by atoms with E-state index in [2.05, 4.69) is 4.98 Å². The number of halogens is 2. The van der Waals surface area contributed by atoms with Crippen LogP contribution in [-0.2, 0) is 11.2 Å². The molecule has 0 bridgehead atoms. The zero-order chi connectivity index (χ0) is 18.0. The molecule has 0 spiro atoms. The highest BCUT2D eigenvalue weighted by Crippen LogP contribution is 2.21. The normalized spacial score (nSPS) is 10.8. The summed E-state index contributed by atoms with van der Waals surface area (Å²) in [6, 6.07) is 9.97. The Bertz CT molecular complexity index is 1010. The Kier molecular flexibility index (Phi) is 4.86. The first-order valence-corrected chi connectivity index (χ1v) is 8.13. The second kappa shape index (κ2) is 7.07. The fourth-order valence-corrected chi connectivity index (χ4v) is 2.84. The molecular weight excluding hydrogens is 345 g/mol. The molecule has 0 unspecified atom stereocenters. The molecule has 3 aromatic rings. The molecule has 0 atom stereocenters. The summed E-state index contributed by atoms with van der Waals surface area (Å²) < 4.78 is 19.0. The molecule has 2 aromatic carbocycles. The van der Waals surface area contributed by atoms with Gasteiger partial charge in [0.15, 0.2) is 0 Å². The first kappa shape index (κ1) is 17.2. The minimum absolute atomic E-state index is 0.0552. The Hall–Kier alpha value is -2.66. The maximum absolute atomic E-state index is 14.1. The first-order chi connectivity index (χ1) is 12.0. The van der Waals surface area contributed by atoms with Crippen molar-refractivity contribution in [1.29, 1.82) is 0 Å². The maximum atomic E-state index is 14.1. The second-order valence-electron chi connectivity index (χ2n) is 5.52. The topological polar surface area (TPSA) is 59.2 Å². The third-order valence-electron chi connectivity index (χ3n) is 3.87. The average molecular weight is 360 g/mol. The number of hydrogen-bond donors (Lipinski definition) is 1. The van der Waals surface area contributed by atoms with Gasteiger partial charge in [-0.05, 0) is 36.2 Å². The van der Waals surface area contributed by atoms with Crippen LogP contribution in [-0.4, -0.2) is 17.6 Å². The number of nitrogens with one attached hydrogen (secondary N) is 1. The number of fused-ring (bicyclic) bond motifs is 1. The molecule has 0 radical (unpaired) electrons. The van der Waals surface area contributed by atoms with Gasteiger partial charge in [0.2, 0.25) is 5.43 Å². The predicted molar refractivity (Wildman–Crippen MR) is 94.7 cm³/mol. The van der Waals surface area contributed by atoms with Gasteiger partial charge in [-0.3, -0.25) is 4.79 Å². The third-order valence-corrected chi connectivity index (χ3v) is 4.16. The molecule has 0 fully saturated rings. The molecule has 3 rings (SSSR count). The average Bonchev–Trinajstić information content (AvgIpc) is 2.60. The van der Waals surface area contributed by atoms with Gasteiger partial charge in [-0.25, -0.2) is 9.18 Å². The van der Waals surface area contributed by atoms with E-state index < -0.39 is 17.2 Å². The molecule has 0 aliphatic heterocycles. The van der Waals surface area contributed by atoms with Crippen molar-refractivity contribution >= 4 is 28.5 Å². The number of benzene rings is 2.